The number of nitrogens with zero attached hydrogens (tertiary/aromatic N) is 3. The second-order valence-electron chi connectivity index (χ2n) is 6.40. The molecule has 6 nitrogen and oxygen atoms in total. The van der Waals surface area contributed by atoms with Gasteiger partial charge in [0.05, 0.1) is 11.6 Å². The lowest BCUT2D eigenvalue weighted by atomic mass is 9.99. The monoisotopic (exact) mass is 327 g/mol. The van der Waals surface area contributed by atoms with E-state index in [1.165, 1.54) is 12.8 Å². The first-order valence-electron chi connectivity index (χ1n) is 8.48. The second kappa shape index (κ2) is 6.28. The van der Waals surface area contributed by atoms with E-state index in [1.807, 2.05) is 37.3 Å². The first kappa shape index (κ1) is 15.2. The third kappa shape index (κ3) is 2.78. The van der Waals surface area contributed by atoms with E-state index >= 15 is 0 Å². The highest BCUT2D eigenvalue weighted by atomic mass is 16.5. The summed E-state index contributed by atoms with van der Waals surface area (Å²) in [5.74, 6) is 0.551. The summed E-state index contributed by atoms with van der Waals surface area (Å²) in [4.78, 5) is 14.5. The van der Waals surface area contributed by atoms with Gasteiger partial charge in [0.1, 0.15) is 11.5 Å². The molecular weight excluding hydrogens is 306 g/mol. The van der Waals surface area contributed by atoms with Gasteiger partial charge < -0.3 is 8.94 Å². The lowest BCUT2D eigenvalue weighted by Crippen LogP contribution is -2.37. The number of aryl methyl sites for hydroxylation is 1. The van der Waals surface area contributed by atoms with Gasteiger partial charge >= 0.3 is 5.76 Å². The minimum absolute atomic E-state index is 0.269. The molecule has 1 unspecified atom stereocenters. The van der Waals surface area contributed by atoms with Crippen molar-refractivity contribution in [2.45, 2.75) is 38.8 Å². The number of oxazole rings is 1. The van der Waals surface area contributed by atoms with Crippen molar-refractivity contribution in [2.75, 3.05) is 13.1 Å². The molecule has 1 aliphatic rings. The van der Waals surface area contributed by atoms with Crippen molar-refractivity contribution in [2.24, 2.45) is 0 Å². The average Bonchev–Trinajstić information content (AvgIpc) is 3.16. The Kier molecular flexibility index (Phi) is 3.98. The summed E-state index contributed by atoms with van der Waals surface area (Å²) in [5.41, 5.74) is 2.50. The second-order valence-corrected chi connectivity index (χ2v) is 6.40. The molecule has 1 saturated heterocycles. The van der Waals surface area contributed by atoms with Crippen molar-refractivity contribution in [3.05, 3.63) is 52.3 Å². The van der Waals surface area contributed by atoms with Gasteiger partial charge in [-0.2, -0.15) is 0 Å². The normalized spacial score (nSPS) is 19.1. The zero-order valence-corrected chi connectivity index (χ0v) is 13.8. The number of fused-ring (bicyclic) bond motifs is 1. The van der Waals surface area contributed by atoms with Crippen LogP contribution in [0.15, 0.2) is 44.1 Å². The zero-order chi connectivity index (χ0) is 16.5. The molecule has 1 aromatic carbocycles. The molecule has 3 heterocycles. The minimum atomic E-state index is -0.290. The van der Waals surface area contributed by atoms with Crippen LogP contribution < -0.4 is 5.76 Å². The van der Waals surface area contributed by atoms with Crippen molar-refractivity contribution < 1.29 is 8.94 Å². The first-order valence-corrected chi connectivity index (χ1v) is 8.48. The number of likely N-dealkylation sites (tertiary alicyclic amines) is 1. The van der Waals surface area contributed by atoms with E-state index < -0.39 is 0 Å². The predicted octanol–water partition coefficient (Wildman–Crippen LogP) is 3.12. The number of hydrogen-bond donors (Lipinski definition) is 0. The lowest BCUT2D eigenvalue weighted by Gasteiger charge is -2.34. The third-order valence-corrected chi connectivity index (χ3v) is 4.79. The summed E-state index contributed by atoms with van der Waals surface area (Å²) in [6.07, 6.45) is 3.45. The Labute approximate surface area is 139 Å². The Bertz CT molecular complexity index is 892. The number of piperidine rings is 1. The molecule has 24 heavy (non-hydrogen) atoms. The summed E-state index contributed by atoms with van der Waals surface area (Å²) >= 11 is 0. The maximum Gasteiger partial charge on any atom is 0.419 e. The number of rotatable bonds is 4. The van der Waals surface area contributed by atoms with E-state index in [2.05, 4.69) is 10.1 Å². The number of hydrogen-bond acceptors (Lipinski definition) is 5. The van der Waals surface area contributed by atoms with Crippen LogP contribution in [0.5, 0.6) is 0 Å². The molecule has 126 valence electrons. The standard InChI is InChI=1S/C18H21N3O3/c1-13-12-14(19-24-13)15-6-4-5-9-20(15)10-11-21-16-7-2-3-8-17(16)23-18(21)22/h2-3,7-8,12,15H,4-6,9-11H2,1H3. The van der Waals surface area contributed by atoms with E-state index in [0.717, 1.165) is 36.5 Å². The fourth-order valence-corrected chi connectivity index (χ4v) is 3.59. The predicted molar refractivity (Wildman–Crippen MR) is 89.9 cm³/mol. The van der Waals surface area contributed by atoms with Crippen LogP contribution in [0.25, 0.3) is 11.1 Å². The Balaban J connectivity index is 1.55. The zero-order valence-electron chi connectivity index (χ0n) is 13.8. The molecule has 3 aromatic rings. The van der Waals surface area contributed by atoms with E-state index in [1.54, 1.807) is 4.57 Å². The Morgan fingerprint density at radius 1 is 1.25 bits per heavy atom. The van der Waals surface area contributed by atoms with Crippen LogP contribution in [0, 0.1) is 6.92 Å². The highest BCUT2D eigenvalue weighted by Gasteiger charge is 2.26. The molecular formula is C18H21N3O3. The smallest absolute Gasteiger partial charge is 0.408 e. The van der Waals surface area contributed by atoms with Crippen LogP contribution in [0.1, 0.15) is 36.8 Å². The molecule has 0 spiro atoms. The van der Waals surface area contributed by atoms with Gasteiger partial charge in [0.2, 0.25) is 0 Å². The van der Waals surface area contributed by atoms with Gasteiger partial charge in [-0.1, -0.05) is 23.7 Å². The molecule has 0 amide bonds. The van der Waals surface area contributed by atoms with Crippen LogP contribution in [0.4, 0.5) is 0 Å². The minimum Gasteiger partial charge on any atom is -0.408 e. The third-order valence-electron chi connectivity index (χ3n) is 4.79. The van der Waals surface area contributed by atoms with Crippen molar-refractivity contribution in [3.63, 3.8) is 0 Å². The van der Waals surface area contributed by atoms with Gasteiger partial charge in [-0.05, 0) is 38.4 Å². The van der Waals surface area contributed by atoms with Crippen LogP contribution in [0.2, 0.25) is 0 Å². The SMILES string of the molecule is Cc1cc(C2CCCCN2CCn2c(=O)oc3ccccc32)no1. The van der Waals surface area contributed by atoms with E-state index in [0.29, 0.717) is 12.1 Å². The lowest BCUT2D eigenvalue weighted by molar-refractivity contribution is 0.136. The molecule has 6 heteroatoms. The van der Waals surface area contributed by atoms with Crippen LogP contribution >= 0.6 is 0 Å². The molecule has 4 rings (SSSR count). The van der Waals surface area contributed by atoms with Gasteiger partial charge in [-0.25, -0.2) is 4.79 Å². The molecule has 2 aromatic heterocycles. The van der Waals surface area contributed by atoms with Crippen LogP contribution in [0.3, 0.4) is 0 Å². The van der Waals surface area contributed by atoms with Crippen LogP contribution in [-0.4, -0.2) is 27.7 Å². The number of benzene rings is 1. The van der Waals surface area contributed by atoms with E-state index in [-0.39, 0.29) is 11.8 Å². The van der Waals surface area contributed by atoms with Gasteiger partial charge in [0.25, 0.3) is 0 Å². The maximum absolute atomic E-state index is 12.1. The van der Waals surface area contributed by atoms with Gasteiger partial charge in [0, 0.05) is 19.2 Å². The van der Waals surface area contributed by atoms with Crippen molar-refractivity contribution in [3.8, 4) is 0 Å². The van der Waals surface area contributed by atoms with Gasteiger partial charge in [-0.15, -0.1) is 0 Å². The fraction of sp³-hybridized carbons (Fsp3) is 0.444. The maximum atomic E-state index is 12.1. The Hall–Kier alpha value is -2.34. The highest BCUT2D eigenvalue weighted by Crippen LogP contribution is 2.30. The molecule has 0 radical (unpaired) electrons. The molecule has 0 saturated carbocycles. The summed E-state index contributed by atoms with van der Waals surface area (Å²) in [6.45, 7) is 4.34. The summed E-state index contributed by atoms with van der Waals surface area (Å²) in [5, 5.41) is 4.20. The summed E-state index contributed by atoms with van der Waals surface area (Å²) in [7, 11) is 0. The molecule has 0 aliphatic carbocycles. The summed E-state index contributed by atoms with van der Waals surface area (Å²) in [6, 6.07) is 9.84. The van der Waals surface area contributed by atoms with E-state index in [4.69, 9.17) is 8.94 Å². The molecule has 1 fully saturated rings. The van der Waals surface area contributed by atoms with Crippen molar-refractivity contribution in [1.29, 1.82) is 0 Å². The van der Waals surface area contributed by atoms with Gasteiger partial charge in [0.15, 0.2) is 5.58 Å². The quantitative estimate of drug-likeness (QED) is 0.736. The molecule has 0 bridgehead atoms. The Morgan fingerprint density at radius 3 is 2.96 bits per heavy atom. The summed E-state index contributed by atoms with van der Waals surface area (Å²) < 4.78 is 12.3. The number of aromatic nitrogens is 2. The van der Waals surface area contributed by atoms with Crippen LogP contribution in [-0.2, 0) is 6.54 Å². The van der Waals surface area contributed by atoms with E-state index in [9.17, 15) is 4.79 Å². The fourth-order valence-electron chi connectivity index (χ4n) is 3.59. The highest BCUT2D eigenvalue weighted by molar-refractivity contribution is 5.72. The Morgan fingerprint density at radius 2 is 2.12 bits per heavy atom. The topological polar surface area (TPSA) is 64.4 Å². The molecule has 1 aliphatic heterocycles. The van der Waals surface area contributed by atoms with Crippen molar-refractivity contribution >= 4 is 11.1 Å². The molecule has 0 N–H and O–H groups in total. The largest absolute Gasteiger partial charge is 0.419 e. The molecule has 1 atom stereocenters. The number of para-hydroxylation sites is 2. The van der Waals surface area contributed by atoms with Gasteiger partial charge in [-0.3, -0.25) is 9.47 Å². The average molecular weight is 327 g/mol. The van der Waals surface area contributed by atoms with Crippen molar-refractivity contribution in [1.82, 2.24) is 14.6 Å². The first-order chi connectivity index (χ1) is 11.7.